The van der Waals surface area contributed by atoms with E-state index in [2.05, 4.69) is 25.7 Å². The van der Waals surface area contributed by atoms with Crippen molar-refractivity contribution in [3.63, 3.8) is 0 Å². The zero-order chi connectivity index (χ0) is 11.6. The van der Waals surface area contributed by atoms with Crippen molar-refractivity contribution < 1.29 is 18.3 Å². The highest BCUT2D eigenvalue weighted by Gasteiger charge is 2.23. The highest BCUT2D eigenvalue weighted by Crippen LogP contribution is 2.30. The SMILES string of the molecule is COC(=O)c1c(C(F)F)cc(Cl)nc1Br. The third-order valence-corrected chi connectivity index (χ3v) is 2.37. The van der Waals surface area contributed by atoms with Gasteiger partial charge in [0.25, 0.3) is 6.43 Å². The molecule has 0 aliphatic rings. The standard InChI is InChI=1S/C8H5BrClF2NO2/c1-15-8(14)5-3(7(11)12)2-4(10)13-6(5)9/h2,7H,1H3. The Bertz CT molecular complexity index is 400. The molecule has 0 radical (unpaired) electrons. The minimum Gasteiger partial charge on any atom is -0.465 e. The number of hydrogen-bond donors (Lipinski definition) is 0. The second-order valence-electron chi connectivity index (χ2n) is 2.49. The maximum atomic E-state index is 12.6. The first-order valence-corrected chi connectivity index (χ1v) is 4.87. The van der Waals surface area contributed by atoms with Crippen LogP contribution in [0.4, 0.5) is 8.78 Å². The Kier molecular flexibility index (Phi) is 3.98. The van der Waals surface area contributed by atoms with Crippen molar-refractivity contribution in [2.45, 2.75) is 6.43 Å². The van der Waals surface area contributed by atoms with E-state index in [0.29, 0.717) is 0 Å². The number of carbonyl (C=O) groups is 1. The average Bonchev–Trinajstić information content (AvgIpc) is 2.15. The molecule has 1 rings (SSSR count). The largest absolute Gasteiger partial charge is 0.465 e. The van der Waals surface area contributed by atoms with Crippen LogP contribution in [0.25, 0.3) is 0 Å². The first-order valence-electron chi connectivity index (χ1n) is 3.69. The molecular formula is C8H5BrClF2NO2. The van der Waals surface area contributed by atoms with Crippen LogP contribution in [0.15, 0.2) is 10.7 Å². The van der Waals surface area contributed by atoms with Gasteiger partial charge in [0.2, 0.25) is 0 Å². The van der Waals surface area contributed by atoms with Crippen LogP contribution in [0.1, 0.15) is 22.3 Å². The molecule has 1 aromatic rings. The Morgan fingerprint density at radius 2 is 2.27 bits per heavy atom. The van der Waals surface area contributed by atoms with E-state index in [1.54, 1.807) is 0 Å². The normalized spacial score (nSPS) is 10.5. The van der Waals surface area contributed by atoms with Crippen molar-refractivity contribution in [3.8, 4) is 0 Å². The molecule has 7 heteroatoms. The number of halogens is 4. The van der Waals surface area contributed by atoms with Gasteiger partial charge in [-0.25, -0.2) is 18.6 Å². The summed E-state index contributed by atoms with van der Waals surface area (Å²) in [6.45, 7) is 0. The monoisotopic (exact) mass is 299 g/mol. The van der Waals surface area contributed by atoms with Gasteiger partial charge in [-0.15, -0.1) is 0 Å². The number of pyridine rings is 1. The summed E-state index contributed by atoms with van der Waals surface area (Å²) in [5.41, 5.74) is -0.814. The Balaban J connectivity index is 3.40. The molecule has 0 spiro atoms. The number of nitrogens with zero attached hydrogens (tertiary/aromatic N) is 1. The van der Waals surface area contributed by atoms with Gasteiger partial charge in [0.1, 0.15) is 15.3 Å². The predicted octanol–water partition coefficient (Wildman–Crippen LogP) is 3.22. The van der Waals surface area contributed by atoms with Crippen LogP contribution in [0.3, 0.4) is 0 Å². The van der Waals surface area contributed by atoms with Gasteiger partial charge in [0.15, 0.2) is 0 Å². The quantitative estimate of drug-likeness (QED) is 0.622. The number of rotatable bonds is 2. The Hall–Kier alpha value is -0.750. The molecule has 0 aliphatic heterocycles. The maximum absolute atomic E-state index is 12.6. The summed E-state index contributed by atoms with van der Waals surface area (Å²) >= 11 is 8.37. The molecule has 3 nitrogen and oxygen atoms in total. The molecule has 1 heterocycles. The predicted molar refractivity (Wildman–Crippen MR) is 53.2 cm³/mol. The van der Waals surface area contributed by atoms with Crippen LogP contribution in [0, 0.1) is 0 Å². The van der Waals surface area contributed by atoms with Gasteiger partial charge in [0.05, 0.1) is 7.11 Å². The molecule has 0 N–H and O–H groups in total. The van der Waals surface area contributed by atoms with E-state index in [4.69, 9.17) is 11.6 Å². The number of hydrogen-bond acceptors (Lipinski definition) is 3. The highest BCUT2D eigenvalue weighted by molar-refractivity contribution is 9.10. The summed E-state index contributed by atoms with van der Waals surface area (Å²) in [7, 11) is 1.10. The summed E-state index contributed by atoms with van der Waals surface area (Å²) in [6, 6.07) is 0.934. The highest BCUT2D eigenvalue weighted by atomic mass is 79.9. The van der Waals surface area contributed by atoms with Gasteiger partial charge < -0.3 is 4.74 Å². The maximum Gasteiger partial charge on any atom is 0.341 e. The number of methoxy groups -OCH3 is 1. The molecule has 0 amide bonds. The lowest BCUT2D eigenvalue weighted by Gasteiger charge is -2.08. The molecule has 0 unspecified atom stereocenters. The van der Waals surface area contributed by atoms with E-state index in [-0.39, 0.29) is 15.3 Å². The molecule has 0 aliphatic carbocycles. The number of aromatic nitrogens is 1. The first-order chi connectivity index (χ1) is 6.97. The van der Waals surface area contributed by atoms with E-state index in [1.165, 1.54) is 0 Å². The fraction of sp³-hybridized carbons (Fsp3) is 0.250. The van der Waals surface area contributed by atoms with Gasteiger partial charge >= 0.3 is 5.97 Å². The van der Waals surface area contributed by atoms with Crippen LogP contribution < -0.4 is 0 Å². The molecule has 0 saturated carbocycles. The second-order valence-corrected chi connectivity index (χ2v) is 3.63. The van der Waals surface area contributed by atoms with Crippen LogP contribution >= 0.6 is 27.5 Å². The number of carbonyl (C=O) groups excluding carboxylic acids is 1. The van der Waals surface area contributed by atoms with E-state index < -0.39 is 18.0 Å². The van der Waals surface area contributed by atoms with E-state index in [9.17, 15) is 13.6 Å². The molecule has 0 saturated heterocycles. The van der Waals surface area contributed by atoms with Crippen LogP contribution in [0.2, 0.25) is 5.15 Å². The average molecular weight is 300 g/mol. The minimum atomic E-state index is -2.82. The van der Waals surface area contributed by atoms with Gasteiger partial charge in [-0.1, -0.05) is 11.6 Å². The molecule has 15 heavy (non-hydrogen) atoms. The van der Waals surface area contributed by atoms with Gasteiger partial charge in [-0.3, -0.25) is 0 Å². The van der Waals surface area contributed by atoms with Crippen molar-refractivity contribution in [3.05, 3.63) is 26.9 Å². The van der Waals surface area contributed by atoms with Crippen molar-refractivity contribution in [1.82, 2.24) is 4.98 Å². The summed E-state index contributed by atoms with van der Waals surface area (Å²) in [4.78, 5) is 14.8. The van der Waals surface area contributed by atoms with Crippen LogP contribution in [0.5, 0.6) is 0 Å². The summed E-state index contributed by atoms with van der Waals surface area (Å²) in [6.07, 6.45) is -2.82. The zero-order valence-electron chi connectivity index (χ0n) is 7.43. The number of esters is 1. The van der Waals surface area contributed by atoms with Crippen molar-refractivity contribution in [1.29, 1.82) is 0 Å². The fourth-order valence-corrected chi connectivity index (χ4v) is 1.86. The zero-order valence-corrected chi connectivity index (χ0v) is 9.77. The third kappa shape index (κ3) is 2.63. The molecule has 0 atom stereocenters. The third-order valence-electron chi connectivity index (χ3n) is 1.60. The molecule has 82 valence electrons. The molecular weight excluding hydrogens is 295 g/mol. The van der Waals surface area contributed by atoms with Crippen molar-refractivity contribution >= 4 is 33.5 Å². The topological polar surface area (TPSA) is 39.2 Å². The van der Waals surface area contributed by atoms with Crippen LogP contribution in [-0.2, 0) is 4.74 Å². The number of alkyl halides is 2. The van der Waals surface area contributed by atoms with Gasteiger partial charge in [-0.05, 0) is 22.0 Å². The smallest absolute Gasteiger partial charge is 0.341 e. The van der Waals surface area contributed by atoms with E-state index in [1.807, 2.05) is 0 Å². The summed E-state index contributed by atoms with van der Waals surface area (Å²) in [5, 5.41) is -0.121. The lowest BCUT2D eigenvalue weighted by molar-refractivity contribution is 0.0587. The summed E-state index contributed by atoms with van der Waals surface area (Å²) in [5.74, 6) is -0.888. The Morgan fingerprint density at radius 3 is 2.73 bits per heavy atom. The first kappa shape index (κ1) is 12.3. The van der Waals surface area contributed by atoms with E-state index >= 15 is 0 Å². The Morgan fingerprint density at radius 1 is 1.67 bits per heavy atom. The van der Waals surface area contributed by atoms with Gasteiger partial charge in [0, 0.05) is 5.56 Å². The molecule has 0 fully saturated rings. The molecule has 1 aromatic heterocycles. The van der Waals surface area contributed by atoms with Crippen LogP contribution in [-0.4, -0.2) is 18.1 Å². The minimum absolute atomic E-state index is 0.0582. The molecule has 0 bridgehead atoms. The second kappa shape index (κ2) is 4.85. The van der Waals surface area contributed by atoms with Crippen molar-refractivity contribution in [2.75, 3.05) is 7.11 Å². The number of ether oxygens (including phenoxy) is 1. The summed E-state index contributed by atoms with van der Waals surface area (Å²) < 4.78 is 29.4. The molecule has 0 aromatic carbocycles. The Labute approximate surface area is 97.5 Å². The lowest BCUT2D eigenvalue weighted by atomic mass is 10.1. The van der Waals surface area contributed by atoms with Crippen molar-refractivity contribution in [2.24, 2.45) is 0 Å². The fourth-order valence-electron chi connectivity index (χ4n) is 0.978. The van der Waals surface area contributed by atoms with Gasteiger partial charge in [-0.2, -0.15) is 0 Å². The van der Waals surface area contributed by atoms with E-state index in [0.717, 1.165) is 13.2 Å². The lowest BCUT2D eigenvalue weighted by Crippen LogP contribution is -2.08.